The number of nitrogens with one attached hydrogen (secondary N) is 2. The molecule has 2 aliphatic heterocycles. The minimum Gasteiger partial charge on any atom is -0.465 e. The number of hydrogen-bond acceptors (Lipinski definition) is 7. The van der Waals surface area contributed by atoms with Crippen molar-refractivity contribution < 1.29 is 19.1 Å². The minimum absolute atomic E-state index is 0.0954. The number of aromatic nitrogens is 2. The maximum atomic E-state index is 12.3. The van der Waals surface area contributed by atoms with Crippen LogP contribution >= 0.6 is 11.6 Å². The summed E-state index contributed by atoms with van der Waals surface area (Å²) in [6, 6.07) is 6.10. The van der Waals surface area contributed by atoms with Crippen molar-refractivity contribution in [2.75, 3.05) is 36.5 Å². The SMILES string of the molecule is O=C1COc2ncc(N3CC(CCNCC4Cc5cccc(Cl)c5C4)OC3=O)nc2N1. The van der Waals surface area contributed by atoms with Crippen LogP contribution in [0.5, 0.6) is 5.88 Å². The van der Waals surface area contributed by atoms with Gasteiger partial charge >= 0.3 is 6.09 Å². The molecule has 31 heavy (non-hydrogen) atoms. The van der Waals surface area contributed by atoms with Crippen molar-refractivity contribution in [1.29, 1.82) is 0 Å². The monoisotopic (exact) mass is 443 g/mol. The van der Waals surface area contributed by atoms with E-state index < -0.39 is 6.09 Å². The maximum Gasteiger partial charge on any atom is 0.415 e. The summed E-state index contributed by atoms with van der Waals surface area (Å²) in [6.07, 6.45) is 3.46. The topological polar surface area (TPSA) is 106 Å². The van der Waals surface area contributed by atoms with E-state index in [1.165, 1.54) is 22.2 Å². The van der Waals surface area contributed by atoms with Gasteiger partial charge in [0.25, 0.3) is 11.8 Å². The van der Waals surface area contributed by atoms with Gasteiger partial charge in [0.05, 0.1) is 12.7 Å². The summed E-state index contributed by atoms with van der Waals surface area (Å²) in [5.74, 6) is 1.00. The fourth-order valence-corrected chi connectivity index (χ4v) is 4.53. The molecule has 0 radical (unpaired) electrons. The Balaban J connectivity index is 1.10. The van der Waals surface area contributed by atoms with Crippen LogP contribution < -0.4 is 20.3 Å². The van der Waals surface area contributed by atoms with Gasteiger partial charge in [0.15, 0.2) is 18.2 Å². The molecule has 0 saturated carbocycles. The number of nitrogens with zero attached hydrogens (tertiary/aromatic N) is 3. The third-order valence-electron chi connectivity index (χ3n) is 5.77. The first-order valence-corrected chi connectivity index (χ1v) is 10.7. The number of carbonyl (C=O) groups is 2. The Kier molecular flexibility index (Phi) is 5.37. The molecule has 1 saturated heterocycles. The fraction of sp³-hybridized carbons (Fsp3) is 0.429. The summed E-state index contributed by atoms with van der Waals surface area (Å²) >= 11 is 6.30. The lowest BCUT2D eigenvalue weighted by molar-refractivity contribution is -0.118. The molecule has 0 spiro atoms. The number of fused-ring (bicyclic) bond motifs is 2. The second kappa shape index (κ2) is 8.32. The molecule has 5 rings (SSSR count). The highest BCUT2D eigenvalue weighted by molar-refractivity contribution is 6.31. The van der Waals surface area contributed by atoms with Gasteiger partial charge in [0.2, 0.25) is 0 Å². The summed E-state index contributed by atoms with van der Waals surface area (Å²) in [4.78, 5) is 33.6. The second-order valence-corrected chi connectivity index (χ2v) is 8.39. The lowest BCUT2D eigenvalue weighted by Gasteiger charge is -2.18. The van der Waals surface area contributed by atoms with Crippen molar-refractivity contribution in [3.8, 4) is 5.88 Å². The third-order valence-corrected chi connectivity index (χ3v) is 6.12. The Bertz CT molecular complexity index is 1030. The van der Waals surface area contributed by atoms with E-state index >= 15 is 0 Å². The largest absolute Gasteiger partial charge is 0.465 e. The van der Waals surface area contributed by atoms with Crippen molar-refractivity contribution in [3.63, 3.8) is 0 Å². The van der Waals surface area contributed by atoms with Crippen LogP contribution in [0.3, 0.4) is 0 Å². The molecule has 3 heterocycles. The van der Waals surface area contributed by atoms with E-state index in [0.717, 1.165) is 31.0 Å². The Morgan fingerprint density at radius 3 is 3.06 bits per heavy atom. The van der Waals surface area contributed by atoms with Crippen LogP contribution in [0.2, 0.25) is 5.02 Å². The van der Waals surface area contributed by atoms with Gasteiger partial charge < -0.3 is 20.1 Å². The number of halogens is 1. The molecule has 2 unspecified atom stereocenters. The van der Waals surface area contributed by atoms with E-state index in [9.17, 15) is 9.59 Å². The zero-order valence-corrected chi connectivity index (χ0v) is 17.5. The molecule has 1 aromatic heterocycles. The highest BCUT2D eigenvalue weighted by Crippen LogP contribution is 2.32. The summed E-state index contributed by atoms with van der Waals surface area (Å²) in [6.45, 7) is 1.92. The lowest BCUT2D eigenvalue weighted by Crippen LogP contribution is -2.30. The zero-order valence-electron chi connectivity index (χ0n) is 16.8. The average molecular weight is 444 g/mol. The van der Waals surface area contributed by atoms with Gasteiger partial charge in [-0.1, -0.05) is 23.7 Å². The number of benzene rings is 1. The number of anilines is 2. The van der Waals surface area contributed by atoms with Crippen LogP contribution in [0.25, 0.3) is 0 Å². The highest BCUT2D eigenvalue weighted by atomic mass is 35.5. The number of carbonyl (C=O) groups excluding carboxylic acids is 2. The van der Waals surface area contributed by atoms with Crippen LogP contribution in [0.1, 0.15) is 17.5 Å². The number of cyclic esters (lactones) is 1. The first-order valence-electron chi connectivity index (χ1n) is 10.3. The van der Waals surface area contributed by atoms with Gasteiger partial charge in [0.1, 0.15) is 6.10 Å². The smallest absolute Gasteiger partial charge is 0.415 e. The third kappa shape index (κ3) is 4.15. The average Bonchev–Trinajstić information content (AvgIpc) is 3.34. The van der Waals surface area contributed by atoms with Crippen LogP contribution in [0.4, 0.5) is 16.4 Å². The molecule has 10 heteroatoms. The van der Waals surface area contributed by atoms with E-state index in [4.69, 9.17) is 21.1 Å². The zero-order chi connectivity index (χ0) is 21.4. The second-order valence-electron chi connectivity index (χ2n) is 7.98. The van der Waals surface area contributed by atoms with Crippen LogP contribution in [0.15, 0.2) is 24.4 Å². The number of amides is 2. The summed E-state index contributed by atoms with van der Waals surface area (Å²) < 4.78 is 10.7. The quantitative estimate of drug-likeness (QED) is 0.659. The lowest BCUT2D eigenvalue weighted by atomic mass is 10.1. The molecule has 1 aromatic carbocycles. The van der Waals surface area contributed by atoms with Crippen LogP contribution in [-0.4, -0.2) is 54.3 Å². The molecular weight excluding hydrogens is 422 g/mol. The molecular formula is C21H22ClN5O4. The first kappa shape index (κ1) is 20.0. The molecule has 2 amide bonds. The predicted octanol–water partition coefficient (Wildman–Crippen LogP) is 2.18. The summed E-state index contributed by atoms with van der Waals surface area (Å²) in [5, 5.41) is 6.93. The van der Waals surface area contributed by atoms with E-state index in [-0.39, 0.29) is 30.3 Å². The minimum atomic E-state index is -0.469. The van der Waals surface area contributed by atoms with Crippen molar-refractivity contribution in [2.24, 2.45) is 5.92 Å². The van der Waals surface area contributed by atoms with Gasteiger partial charge in [-0.25, -0.2) is 14.8 Å². The van der Waals surface area contributed by atoms with Crippen LogP contribution in [0, 0.1) is 5.92 Å². The Hall–Kier alpha value is -2.91. The van der Waals surface area contributed by atoms with Crippen molar-refractivity contribution in [2.45, 2.75) is 25.4 Å². The Morgan fingerprint density at radius 2 is 2.19 bits per heavy atom. The Labute approximate surface area is 184 Å². The number of rotatable bonds is 6. The summed E-state index contributed by atoms with van der Waals surface area (Å²) in [7, 11) is 0. The van der Waals surface area contributed by atoms with Gasteiger partial charge in [-0.2, -0.15) is 0 Å². The summed E-state index contributed by atoms with van der Waals surface area (Å²) in [5.41, 5.74) is 2.61. The number of hydrogen-bond donors (Lipinski definition) is 2. The molecule has 1 fully saturated rings. The molecule has 2 atom stereocenters. The normalized spacial score (nSPS) is 21.9. The highest BCUT2D eigenvalue weighted by Gasteiger charge is 2.34. The number of ether oxygens (including phenoxy) is 2. The maximum absolute atomic E-state index is 12.3. The van der Waals surface area contributed by atoms with E-state index in [1.54, 1.807) is 0 Å². The molecule has 162 valence electrons. The molecule has 1 aliphatic carbocycles. The molecule has 3 aliphatic rings. The predicted molar refractivity (Wildman–Crippen MR) is 114 cm³/mol. The van der Waals surface area contributed by atoms with Gasteiger partial charge in [-0.3, -0.25) is 9.69 Å². The van der Waals surface area contributed by atoms with Crippen LogP contribution in [-0.2, 0) is 22.4 Å². The van der Waals surface area contributed by atoms with E-state index in [2.05, 4.69) is 26.7 Å². The molecule has 9 nitrogen and oxygen atoms in total. The van der Waals surface area contributed by atoms with Crippen molar-refractivity contribution in [1.82, 2.24) is 15.3 Å². The Morgan fingerprint density at radius 1 is 1.29 bits per heavy atom. The molecule has 2 aromatic rings. The first-order chi connectivity index (χ1) is 15.1. The van der Waals surface area contributed by atoms with E-state index in [0.29, 0.717) is 24.7 Å². The molecule has 0 bridgehead atoms. The van der Waals surface area contributed by atoms with Crippen molar-refractivity contribution in [3.05, 3.63) is 40.5 Å². The van der Waals surface area contributed by atoms with Gasteiger partial charge in [-0.05, 0) is 55.5 Å². The standard InChI is InChI=1S/C21H22ClN5O4/c22-16-3-1-2-13-6-12(7-15(13)16)8-23-5-4-14-10-27(21(29)31-14)17-9-24-20-19(25-17)26-18(28)11-30-20/h1-3,9,12,14,23H,4-8,10-11H2,(H,25,26,28). The molecule has 2 N–H and O–H groups in total. The van der Waals surface area contributed by atoms with Crippen molar-refractivity contribution >= 4 is 35.2 Å². The van der Waals surface area contributed by atoms with Gasteiger partial charge in [0, 0.05) is 5.02 Å². The van der Waals surface area contributed by atoms with Gasteiger partial charge in [-0.15, -0.1) is 0 Å². The van der Waals surface area contributed by atoms with E-state index in [1.807, 2.05) is 12.1 Å². The fourth-order valence-electron chi connectivity index (χ4n) is 4.26.